The number of alkyl halides is 1. The topological polar surface area (TPSA) is 12.9 Å². The van der Waals surface area contributed by atoms with Crippen LogP contribution in [0, 0.1) is 5.41 Å². The van der Waals surface area contributed by atoms with Crippen LogP contribution in [0.15, 0.2) is 24.5 Å². The van der Waals surface area contributed by atoms with Crippen molar-refractivity contribution >= 4 is 15.9 Å². The highest BCUT2D eigenvalue weighted by Crippen LogP contribution is 2.29. The Kier molecular flexibility index (Phi) is 4.11. The predicted molar refractivity (Wildman–Crippen MR) is 64.7 cm³/mol. The van der Waals surface area contributed by atoms with Crippen molar-refractivity contribution in [3.05, 3.63) is 30.1 Å². The zero-order chi connectivity index (χ0) is 10.6. The largest absolute Gasteiger partial charge is 0.264 e. The van der Waals surface area contributed by atoms with E-state index in [1.807, 2.05) is 18.5 Å². The molecule has 0 radical (unpaired) electrons. The highest BCUT2D eigenvalue weighted by Gasteiger charge is 2.20. The quantitative estimate of drug-likeness (QED) is 0.746. The van der Waals surface area contributed by atoms with Crippen LogP contribution in [0.25, 0.3) is 0 Å². The van der Waals surface area contributed by atoms with E-state index in [1.165, 1.54) is 12.0 Å². The molecule has 0 aliphatic rings. The monoisotopic (exact) mass is 255 g/mol. The molecule has 1 unspecified atom stereocenters. The minimum atomic E-state index is 0.339. The van der Waals surface area contributed by atoms with Gasteiger partial charge in [0.15, 0.2) is 0 Å². The SMILES string of the molecule is CC(Br)CC(C)(C)Cc1cccnc1. The summed E-state index contributed by atoms with van der Waals surface area (Å²) in [5, 5.41) is 0. The minimum Gasteiger partial charge on any atom is -0.264 e. The van der Waals surface area contributed by atoms with Crippen molar-refractivity contribution in [3.8, 4) is 0 Å². The molecule has 0 amide bonds. The zero-order valence-electron chi connectivity index (χ0n) is 9.13. The Hall–Kier alpha value is -0.370. The van der Waals surface area contributed by atoms with Gasteiger partial charge in [0.05, 0.1) is 0 Å². The molecule has 0 aliphatic heterocycles. The smallest absolute Gasteiger partial charge is 0.0300 e. The zero-order valence-corrected chi connectivity index (χ0v) is 10.7. The van der Waals surface area contributed by atoms with Gasteiger partial charge in [-0.25, -0.2) is 0 Å². The number of rotatable bonds is 4. The van der Waals surface area contributed by atoms with Crippen molar-refractivity contribution < 1.29 is 0 Å². The molecule has 1 aromatic rings. The second-order valence-electron chi connectivity index (χ2n) is 4.69. The van der Waals surface area contributed by atoms with Gasteiger partial charge in [-0.1, -0.05) is 42.8 Å². The Labute approximate surface area is 95.1 Å². The summed E-state index contributed by atoms with van der Waals surface area (Å²) in [7, 11) is 0. The van der Waals surface area contributed by atoms with Crippen LogP contribution in [0.1, 0.15) is 32.8 Å². The molecule has 0 N–H and O–H groups in total. The maximum Gasteiger partial charge on any atom is 0.0300 e. The van der Waals surface area contributed by atoms with Gasteiger partial charge in [0, 0.05) is 17.2 Å². The first-order chi connectivity index (χ1) is 6.49. The number of nitrogens with zero attached hydrogens (tertiary/aromatic N) is 1. The van der Waals surface area contributed by atoms with Crippen LogP contribution >= 0.6 is 15.9 Å². The summed E-state index contributed by atoms with van der Waals surface area (Å²) in [5.41, 5.74) is 1.66. The molecule has 1 heterocycles. The molecule has 1 nitrogen and oxygen atoms in total. The van der Waals surface area contributed by atoms with E-state index < -0.39 is 0 Å². The highest BCUT2D eigenvalue weighted by atomic mass is 79.9. The van der Waals surface area contributed by atoms with Gasteiger partial charge in [0.25, 0.3) is 0 Å². The summed E-state index contributed by atoms with van der Waals surface area (Å²) in [4.78, 5) is 4.71. The molecule has 14 heavy (non-hydrogen) atoms. The Morgan fingerprint density at radius 1 is 1.50 bits per heavy atom. The Bertz CT molecular complexity index is 267. The molecule has 0 bridgehead atoms. The Morgan fingerprint density at radius 2 is 2.21 bits per heavy atom. The summed E-state index contributed by atoms with van der Waals surface area (Å²) in [6, 6.07) is 4.15. The summed E-state index contributed by atoms with van der Waals surface area (Å²) in [6.45, 7) is 6.81. The van der Waals surface area contributed by atoms with Crippen LogP contribution < -0.4 is 0 Å². The van der Waals surface area contributed by atoms with Crippen molar-refractivity contribution in [1.29, 1.82) is 0 Å². The van der Waals surface area contributed by atoms with E-state index in [1.54, 1.807) is 0 Å². The second-order valence-corrected chi connectivity index (χ2v) is 6.25. The minimum absolute atomic E-state index is 0.339. The fourth-order valence-corrected chi connectivity index (χ4v) is 2.77. The van der Waals surface area contributed by atoms with E-state index in [4.69, 9.17) is 0 Å². The van der Waals surface area contributed by atoms with E-state index in [0.29, 0.717) is 10.2 Å². The summed E-state index contributed by atoms with van der Waals surface area (Å²) >= 11 is 3.61. The van der Waals surface area contributed by atoms with Crippen molar-refractivity contribution in [2.45, 2.75) is 38.4 Å². The van der Waals surface area contributed by atoms with Gasteiger partial charge < -0.3 is 0 Å². The molecule has 0 saturated carbocycles. The number of hydrogen-bond acceptors (Lipinski definition) is 1. The first-order valence-corrected chi connectivity index (χ1v) is 5.94. The average molecular weight is 256 g/mol. The third-order valence-electron chi connectivity index (χ3n) is 2.24. The number of halogens is 1. The van der Waals surface area contributed by atoms with Gasteiger partial charge in [0.2, 0.25) is 0 Å². The van der Waals surface area contributed by atoms with Crippen molar-refractivity contribution in [3.63, 3.8) is 0 Å². The van der Waals surface area contributed by atoms with Crippen LogP contribution in [0.4, 0.5) is 0 Å². The lowest BCUT2D eigenvalue weighted by atomic mass is 9.82. The first-order valence-electron chi connectivity index (χ1n) is 5.02. The molecular weight excluding hydrogens is 238 g/mol. The average Bonchev–Trinajstić information content (AvgIpc) is 2.02. The molecule has 0 saturated heterocycles. The lowest BCUT2D eigenvalue weighted by Gasteiger charge is -2.25. The summed E-state index contributed by atoms with van der Waals surface area (Å²) < 4.78 is 0. The molecule has 0 aromatic carbocycles. The number of pyridine rings is 1. The molecule has 2 heteroatoms. The van der Waals surface area contributed by atoms with Gasteiger partial charge in [-0.3, -0.25) is 4.98 Å². The molecule has 1 aromatic heterocycles. The van der Waals surface area contributed by atoms with Crippen LogP contribution in [-0.4, -0.2) is 9.81 Å². The van der Waals surface area contributed by atoms with E-state index in [9.17, 15) is 0 Å². The van der Waals surface area contributed by atoms with E-state index in [2.05, 4.69) is 47.8 Å². The normalized spacial score (nSPS) is 14.0. The van der Waals surface area contributed by atoms with Crippen LogP contribution in [0.2, 0.25) is 0 Å². The van der Waals surface area contributed by atoms with Crippen LogP contribution in [0.5, 0.6) is 0 Å². The van der Waals surface area contributed by atoms with Gasteiger partial charge in [-0.05, 0) is 29.9 Å². The van der Waals surface area contributed by atoms with Gasteiger partial charge in [-0.2, -0.15) is 0 Å². The maximum absolute atomic E-state index is 4.14. The van der Waals surface area contributed by atoms with Crippen LogP contribution in [-0.2, 0) is 6.42 Å². The van der Waals surface area contributed by atoms with E-state index >= 15 is 0 Å². The summed E-state index contributed by atoms with van der Waals surface area (Å²) in [5.74, 6) is 0. The van der Waals surface area contributed by atoms with Crippen LogP contribution in [0.3, 0.4) is 0 Å². The maximum atomic E-state index is 4.14. The molecule has 0 spiro atoms. The van der Waals surface area contributed by atoms with Crippen molar-refractivity contribution in [2.75, 3.05) is 0 Å². The van der Waals surface area contributed by atoms with E-state index in [-0.39, 0.29) is 0 Å². The third kappa shape index (κ3) is 4.23. The molecule has 78 valence electrons. The summed E-state index contributed by atoms with van der Waals surface area (Å²) in [6.07, 6.45) is 6.06. The Morgan fingerprint density at radius 3 is 2.71 bits per heavy atom. The fraction of sp³-hybridized carbons (Fsp3) is 0.583. The predicted octanol–water partition coefficient (Wildman–Crippen LogP) is 3.82. The third-order valence-corrected chi connectivity index (χ3v) is 2.56. The first kappa shape index (κ1) is 11.7. The molecule has 1 atom stereocenters. The number of aromatic nitrogens is 1. The fourth-order valence-electron chi connectivity index (χ4n) is 1.89. The molecule has 0 aliphatic carbocycles. The highest BCUT2D eigenvalue weighted by molar-refractivity contribution is 9.09. The molecular formula is C12H18BrN. The number of hydrogen-bond donors (Lipinski definition) is 0. The van der Waals surface area contributed by atoms with Gasteiger partial charge in [-0.15, -0.1) is 0 Å². The lowest BCUT2D eigenvalue weighted by molar-refractivity contribution is 0.334. The molecule has 1 rings (SSSR count). The van der Waals surface area contributed by atoms with E-state index in [0.717, 1.165) is 6.42 Å². The molecule has 0 fully saturated rings. The standard InChI is InChI=1S/C12H18BrN/c1-10(13)7-12(2,3)8-11-5-4-6-14-9-11/h4-6,9-10H,7-8H2,1-3H3. The Balaban J connectivity index is 2.59. The van der Waals surface area contributed by atoms with Crippen molar-refractivity contribution in [2.24, 2.45) is 5.41 Å². The van der Waals surface area contributed by atoms with Gasteiger partial charge >= 0.3 is 0 Å². The second kappa shape index (κ2) is 4.92. The van der Waals surface area contributed by atoms with Gasteiger partial charge in [0.1, 0.15) is 0 Å². The van der Waals surface area contributed by atoms with Crippen molar-refractivity contribution in [1.82, 2.24) is 4.98 Å². The lowest BCUT2D eigenvalue weighted by Crippen LogP contribution is -2.18.